The minimum Gasteiger partial charge on any atom is -0.315 e. The molecule has 0 aromatic carbocycles. The predicted octanol–water partition coefficient (Wildman–Crippen LogP) is 2.16. The molecular formula is C9H14N2S. The molecule has 1 aliphatic carbocycles. The number of aryl methyl sites for hydroxylation is 1. The van der Waals surface area contributed by atoms with Crippen LogP contribution >= 0.6 is 11.3 Å². The van der Waals surface area contributed by atoms with Gasteiger partial charge >= 0.3 is 0 Å². The SMILES string of the molecule is CC1CCc2cc(NN)sc2C1. The van der Waals surface area contributed by atoms with Gasteiger partial charge in [-0.2, -0.15) is 0 Å². The molecule has 0 saturated heterocycles. The summed E-state index contributed by atoms with van der Waals surface area (Å²) in [5, 5.41) is 1.11. The first-order valence-electron chi connectivity index (χ1n) is 4.38. The molecule has 0 spiro atoms. The van der Waals surface area contributed by atoms with Gasteiger partial charge in [-0.05, 0) is 36.8 Å². The number of nitrogens with two attached hydrogens (primary N) is 1. The molecule has 1 atom stereocenters. The van der Waals surface area contributed by atoms with E-state index in [1.807, 2.05) is 0 Å². The van der Waals surface area contributed by atoms with Gasteiger partial charge in [0.2, 0.25) is 0 Å². The van der Waals surface area contributed by atoms with E-state index in [0.29, 0.717) is 0 Å². The van der Waals surface area contributed by atoms with Crippen LogP contribution < -0.4 is 11.3 Å². The van der Waals surface area contributed by atoms with Crippen LogP contribution in [0, 0.1) is 5.92 Å². The first-order valence-corrected chi connectivity index (χ1v) is 5.19. The maximum absolute atomic E-state index is 5.36. The van der Waals surface area contributed by atoms with Crippen molar-refractivity contribution in [3.63, 3.8) is 0 Å². The largest absolute Gasteiger partial charge is 0.315 e. The van der Waals surface area contributed by atoms with Gasteiger partial charge in [0, 0.05) is 4.88 Å². The monoisotopic (exact) mass is 182 g/mol. The van der Waals surface area contributed by atoms with E-state index in [9.17, 15) is 0 Å². The van der Waals surface area contributed by atoms with Gasteiger partial charge in [-0.1, -0.05) is 6.92 Å². The van der Waals surface area contributed by atoms with Crippen molar-refractivity contribution in [3.05, 3.63) is 16.5 Å². The maximum atomic E-state index is 5.36. The van der Waals surface area contributed by atoms with Crippen molar-refractivity contribution < 1.29 is 0 Å². The molecule has 3 heteroatoms. The molecule has 3 N–H and O–H groups in total. The van der Waals surface area contributed by atoms with Gasteiger partial charge in [0.25, 0.3) is 0 Å². The number of anilines is 1. The van der Waals surface area contributed by atoms with E-state index >= 15 is 0 Å². The average molecular weight is 182 g/mol. The van der Waals surface area contributed by atoms with Gasteiger partial charge < -0.3 is 5.43 Å². The highest BCUT2D eigenvalue weighted by Gasteiger charge is 2.17. The Morgan fingerprint density at radius 1 is 1.67 bits per heavy atom. The lowest BCUT2D eigenvalue weighted by Crippen LogP contribution is -2.07. The topological polar surface area (TPSA) is 38.0 Å². The zero-order chi connectivity index (χ0) is 8.55. The summed E-state index contributed by atoms with van der Waals surface area (Å²) in [6.45, 7) is 2.32. The van der Waals surface area contributed by atoms with Crippen LogP contribution in [-0.2, 0) is 12.8 Å². The molecule has 0 amide bonds. The van der Waals surface area contributed by atoms with E-state index in [4.69, 9.17) is 5.84 Å². The minimum atomic E-state index is 0.849. The lowest BCUT2D eigenvalue weighted by Gasteiger charge is -2.16. The first-order chi connectivity index (χ1) is 5.79. The van der Waals surface area contributed by atoms with E-state index in [1.165, 1.54) is 29.7 Å². The summed E-state index contributed by atoms with van der Waals surface area (Å²) in [6.07, 6.45) is 3.80. The minimum absolute atomic E-state index is 0.849. The van der Waals surface area contributed by atoms with Crippen LogP contribution in [0.25, 0.3) is 0 Å². The van der Waals surface area contributed by atoms with E-state index in [0.717, 1.165) is 10.9 Å². The van der Waals surface area contributed by atoms with Crippen molar-refractivity contribution in [2.75, 3.05) is 5.43 Å². The van der Waals surface area contributed by atoms with Crippen LogP contribution in [0.5, 0.6) is 0 Å². The second-order valence-corrected chi connectivity index (χ2v) is 4.69. The van der Waals surface area contributed by atoms with Crippen molar-refractivity contribution in [2.24, 2.45) is 11.8 Å². The van der Waals surface area contributed by atoms with Crippen LogP contribution in [0.2, 0.25) is 0 Å². The summed E-state index contributed by atoms with van der Waals surface area (Å²) in [5.41, 5.74) is 4.22. The zero-order valence-electron chi connectivity index (χ0n) is 7.26. The Bertz CT molecular complexity index is 280. The van der Waals surface area contributed by atoms with Gasteiger partial charge in [-0.3, -0.25) is 0 Å². The smallest absolute Gasteiger partial charge is 0.103 e. The second kappa shape index (κ2) is 3.07. The maximum Gasteiger partial charge on any atom is 0.103 e. The Labute approximate surface area is 76.8 Å². The van der Waals surface area contributed by atoms with E-state index in [-0.39, 0.29) is 0 Å². The molecule has 12 heavy (non-hydrogen) atoms. The Morgan fingerprint density at radius 2 is 2.50 bits per heavy atom. The van der Waals surface area contributed by atoms with Crippen molar-refractivity contribution in [3.8, 4) is 0 Å². The van der Waals surface area contributed by atoms with E-state index in [1.54, 1.807) is 11.3 Å². The highest BCUT2D eigenvalue weighted by molar-refractivity contribution is 7.16. The number of hydrogen-bond donors (Lipinski definition) is 2. The summed E-state index contributed by atoms with van der Waals surface area (Å²) in [6, 6.07) is 2.19. The van der Waals surface area contributed by atoms with Crippen LogP contribution in [0.1, 0.15) is 23.8 Å². The molecule has 0 fully saturated rings. The first kappa shape index (κ1) is 8.08. The Morgan fingerprint density at radius 3 is 3.25 bits per heavy atom. The number of hydrazine groups is 1. The molecule has 0 saturated carbocycles. The van der Waals surface area contributed by atoms with Gasteiger partial charge in [0.15, 0.2) is 0 Å². The molecule has 0 radical (unpaired) electrons. The van der Waals surface area contributed by atoms with Crippen molar-refractivity contribution in [1.29, 1.82) is 0 Å². The van der Waals surface area contributed by atoms with Gasteiger partial charge in [0.1, 0.15) is 5.00 Å². The molecule has 1 aromatic rings. The fourth-order valence-corrected chi connectivity index (χ4v) is 2.93. The van der Waals surface area contributed by atoms with Crippen LogP contribution in [0.15, 0.2) is 6.07 Å². The Balaban J connectivity index is 2.28. The quantitative estimate of drug-likeness (QED) is 0.516. The fraction of sp³-hybridized carbons (Fsp3) is 0.556. The highest BCUT2D eigenvalue weighted by atomic mass is 32.1. The molecule has 1 unspecified atom stereocenters. The Kier molecular flexibility index (Phi) is 2.07. The molecule has 66 valence electrons. The second-order valence-electron chi connectivity index (χ2n) is 3.55. The third-order valence-corrected chi connectivity index (χ3v) is 3.61. The summed E-state index contributed by atoms with van der Waals surface area (Å²) >= 11 is 1.80. The number of thiophene rings is 1. The molecular weight excluding hydrogens is 168 g/mol. The number of rotatable bonds is 1. The van der Waals surface area contributed by atoms with E-state index in [2.05, 4.69) is 18.4 Å². The Hall–Kier alpha value is -0.540. The average Bonchev–Trinajstić information content (AvgIpc) is 2.46. The lowest BCUT2D eigenvalue weighted by atomic mass is 9.91. The van der Waals surface area contributed by atoms with Gasteiger partial charge in [-0.15, -0.1) is 11.3 Å². The molecule has 1 aliphatic rings. The molecule has 2 nitrogen and oxygen atoms in total. The standard InChI is InChI=1S/C9H14N2S/c1-6-2-3-7-5-9(11-10)12-8(7)4-6/h5-6,11H,2-4,10H2,1H3. The third-order valence-electron chi connectivity index (χ3n) is 2.48. The van der Waals surface area contributed by atoms with Crippen molar-refractivity contribution >= 4 is 16.3 Å². The number of nitrogens with one attached hydrogen (secondary N) is 1. The van der Waals surface area contributed by atoms with Crippen LogP contribution in [-0.4, -0.2) is 0 Å². The summed E-state index contributed by atoms with van der Waals surface area (Å²) in [4.78, 5) is 1.53. The van der Waals surface area contributed by atoms with Gasteiger partial charge in [0.05, 0.1) is 0 Å². The number of hydrogen-bond acceptors (Lipinski definition) is 3. The van der Waals surface area contributed by atoms with Crippen LogP contribution in [0.4, 0.5) is 5.00 Å². The number of fused-ring (bicyclic) bond motifs is 1. The fourth-order valence-electron chi connectivity index (χ4n) is 1.74. The molecule has 0 aliphatic heterocycles. The van der Waals surface area contributed by atoms with Gasteiger partial charge in [-0.25, -0.2) is 5.84 Å². The molecule has 0 bridgehead atoms. The van der Waals surface area contributed by atoms with Crippen molar-refractivity contribution in [1.82, 2.24) is 0 Å². The summed E-state index contributed by atoms with van der Waals surface area (Å²) in [5.74, 6) is 6.21. The lowest BCUT2D eigenvalue weighted by molar-refractivity contribution is 0.508. The summed E-state index contributed by atoms with van der Waals surface area (Å²) < 4.78 is 0. The van der Waals surface area contributed by atoms with Crippen LogP contribution in [0.3, 0.4) is 0 Å². The van der Waals surface area contributed by atoms with E-state index < -0.39 is 0 Å². The molecule has 2 rings (SSSR count). The molecule has 1 aromatic heterocycles. The van der Waals surface area contributed by atoms with Crippen molar-refractivity contribution in [2.45, 2.75) is 26.2 Å². The molecule has 1 heterocycles. The number of nitrogen functional groups attached to an aromatic ring is 1. The normalized spacial score (nSPS) is 22.0. The zero-order valence-corrected chi connectivity index (χ0v) is 8.08. The summed E-state index contributed by atoms with van der Waals surface area (Å²) in [7, 11) is 0. The third kappa shape index (κ3) is 1.34. The predicted molar refractivity (Wildman–Crippen MR) is 53.3 cm³/mol. The highest BCUT2D eigenvalue weighted by Crippen LogP contribution is 2.34.